The molecule has 0 unspecified atom stereocenters. The molecule has 2 rings (SSSR count). The van der Waals surface area contributed by atoms with Crippen molar-refractivity contribution in [2.45, 2.75) is 0 Å². The molecule has 0 fully saturated rings. The van der Waals surface area contributed by atoms with Crippen molar-refractivity contribution >= 4 is 40.8 Å². The van der Waals surface area contributed by atoms with E-state index in [0.717, 1.165) is 6.26 Å². The highest BCUT2D eigenvalue weighted by atomic mass is 35.5. The number of benzene rings is 1. The average Bonchev–Trinajstić information content (AvgIpc) is 2.69. The molecule has 0 aliphatic rings. The van der Waals surface area contributed by atoms with E-state index < -0.39 is 5.91 Å². The smallest absolute Gasteiger partial charge is 0.292 e. The fourth-order valence-electron chi connectivity index (χ4n) is 1.17. The average molecular weight is 272 g/mol. The van der Waals surface area contributed by atoms with Gasteiger partial charge in [-0.2, -0.15) is 4.98 Å². The molecule has 0 atom stereocenters. The highest BCUT2D eigenvalue weighted by molar-refractivity contribution is 6.36. The number of nitrogens with zero attached hydrogens (tertiary/aromatic N) is 1. The first-order valence-electron chi connectivity index (χ1n) is 4.53. The summed E-state index contributed by atoms with van der Waals surface area (Å²) in [5.74, 6) is -0.463. The van der Waals surface area contributed by atoms with Crippen molar-refractivity contribution in [2.75, 3.05) is 11.1 Å². The zero-order chi connectivity index (χ0) is 12.4. The van der Waals surface area contributed by atoms with Crippen LogP contribution >= 0.6 is 23.2 Å². The lowest BCUT2D eigenvalue weighted by molar-refractivity contribution is 0.102. The van der Waals surface area contributed by atoms with Crippen molar-refractivity contribution in [2.24, 2.45) is 0 Å². The third-order valence-corrected chi connectivity index (χ3v) is 2.48. The van der Waals surface area contributed by atoms with Crippen LogP contribution < -0.4 is 11.1 Å². The summed E-state index contributed by atoms with van der Waals surface area (Å²) in [6.45, 7) is 0. The van der Waals surface area contributed by atoms with Crippen molar-refractivity contribution in [3.05, 3.63) is 40.2 Å². The van der Waals surface area contributed by atoms with Crippen LogP contribution in [-0.4, -0.2) is 10.9 Å². The van der Waals surface area contributed by atoms with E-state index in [4.69, 9.17) is 33.4 Å². The quantitative estimate of drug-likeness (QED) is 0.880. The van der Waals surface area contributed by atoms with Crippen LogP contribution in [-0.2, 0) is 0 Å². The Morgan fingerprint density at radius 3 is 2.76 bits per heavy atom. The Bertz CT molecular complexity index is 568. The van der Waals surface area contributed by atoms with Gasteiger partial charge >= 0.3 is 0 Å². The van der Waals surface area contributed by atoms with Gasteiger partial charge in [0.15, 0.2) is 5.69 Å². The molecule has 7 heteroatoms. The molecule has 1 aromatic carbocycles. The summed E-state index contributed by atoms with van der Waals surface area (Å²) >= 11 is 11.6. The van der Waals surface area contributed by atoms with Gasteiger partial charge in [0.2, 0.25) is 0 Å². The van der Waals surface area contributed by atoms with E-state index in [2.05, 4.69) is 10.3 Å². The van der Waals surface area contributed by atoms with Crippen LogP contribution in [0.3, 0.4) is 0 Å². The normalized spacial score (nSPS) is 10.2. The maximum atomic E-state index is 11.7. The molecule has 1 aromatic heterocycles. The molecule has 3 N–H and O–H groups in total. The predicted octanol–water partition coefficient (Wildman–Crippen LogP) is 2.82. The molecule has 0 saturated carbocycles. The van der Waals surface area contributed by atoms with Gasteiger partial charge in [-0.1, -0.05) is 23.2 Å². The Kier molecular flexibility index (Phi) is 3.21. The summed E-state index contributed by atoms with van der Waals surface area (Å²) in [5, 5.41) is 3.38. The summed E-state index contributed by atoms with van der Waals surface area (Å²) in [5.41, 5.74) is 5.77. The molecule has 1 amide bonds. The van der Waals surface area contributed by atoms with Gasteiger partial charge < -0.3 is 15.5 Å². The number of halogens is 2. The largest absolute Gasteiger partial charge is 0.431 e. The number of hydrogen-bond acceptors (Lipinski definition) is 4. The first-order valence-corrected chi connectivity index (χ1v) is 5.29. The molecule has 88 valence electrons. The summed E-state index contributed by atoms with van der Waals surface area (Å²) in [4.78, 5) is 15.4. The number of nitrogens with two attached hydrogens (primary N) is 1. The van der Waals surface area contributed by atoms with Gasteiger partial charge in [0.05, 0.1) is 10.7 Å². The number of nitrogens with one attached hydrogen (secondary N) is 1. The molecule has 0 aliphatic heterocycles. The van der Waals surface area contributed by atoms with Crippen LogP contribution in [0.25, 0.3) is 0 Å². The third-order valence-electron chi connectivity index (χ3n) is 1.93. The van der Waals surface area contributed by atoms with Crippen molar-refractivity contribution in [3.8, 4) is 0 Å². The van der Waals surface area contributed by atoms with Gasteiger partial charge in [-0.25, -0.2) is 0 Å². The summed E-state index contributed by atoms with van der Waals surface area (Å²) in [6.07, 6.45) is 1.16. The maximum Gasteiger partial charge on any atom is 0.292 e. The second-order valence-corrected chi connectivity index (χ2v) is 3.99. The number of aromatic nitrogens is 1. The van der Waals surface area contributed by atoms with Gasteiger partial charge in [0.1, 0.15) is 6.26 Å². The Morgan fingerprint density at radius 2 is 2.18 bits per heavy atom. The second-order valence-electron chi connectivity index (χ2n) is 3.15. The minimum atomic E-state index is -0.463. The molecule has 2 aromatic rings. The zero-order valence-corrected chi connectivity index (χ0v) is 9.92. The highest BCUT2D eigenvalue weighted by Gasteiger charge is 2.12. The Balaban J connectivity index is 2.18. The van der Waals surface area contributed by atoms with Gasteiger partial charge in [-0.05, 0) is 18.2 Å². The van der Waals surface area contributed by atoms with E-state index in [-0.39, 0.29) is 11.7 Å². The number of oxazole rings is 1. The van der Waals surface area contributed by atoms with Crippen LogP contribution in [0.4, 0.5) is 11.7 Å². The zero-order valence-electron chi connectivity index (χ0n) is 8.41. The number of carbonyl (C=O) groups excluding carboxylic acids is 1. The summed E-state index contributed by atoms with van der Waals surface area (Å²) < 4.78 is 4.72. The number of nitrogen functional groups attached to an aromatic ring is 1. The van der Waals surface area contributed by atoms with Crippen LogP contribution in [0.2, 0.25) is 10.0 Å². The van der Waals surface area contributed by atoms with Gasteiger partial charge in [-0.3, -0.25) is 4.79 Å². The lowest BCUT2D eigenvalue weighted by Crippen LogP contribution is -2.12. The monoisotopic (exact) mass is 271 g/mol. The molecule has 1 heterocycles. The number of amides is 1. The highest BCUT2D eigenvalue weighted by Crippen LogP contribution is 2.25. The maximum absolute atomic E-state index is 11.7. The molecule has 0 bridgehead atoms. The standard InChI is InChI=1S/C10H7Cl2N3O2/c11-5-1-2-7(6(12)3-5)14-9(16)8-4-17-10(13)15-8/h1-4H,(H2,13,15)(H,14,16). The summed E-state index contributed by atoms with van der Waals surface area (Å²) in [6, 6.07) is 4.65. The van der Waals surface area contributed by atoms with E-state index in [1.807, 2.05) is 0 Å². The first kappa shape index (κ1) is 11.8. The fourth-order valence-corrected chi connectivity index (χ4v) is 1.62. The van der Waals surface area contributed by atoms with Crippen LogP contribution in [0.5, 0.6) is 0 Å². The number of anilines is 2. The molecular weight excluding hydrogens is 265 g/mol. The molecule has 5 nitrogen and oxygen atoms in total. The predicted molar refractivity (Wildman–Crippen MR) is 65.3 cm³/mol. The van der Waals surface area contributed by atoms with Crippen molar-refractivity contribution in [1.29, 1.82) is 0 Å². The van der Waals surface area contributed by atoms with E-state index in [1.165, 1.54) is 6.07 Å². The SMILES string of the molecule is Nc1nc(C(=O)Nc2ccc(Cl)cc2Cl)co1. The lowest BCUT2D eigenvalue weighted by atomic mass is 10.3. The van der Waals surface area contributed by atoms with Gasteiger partial charge in [0.25, 0.3) is 11.9 Å². The van der Waals surface area contributed by atoms with E-state index in [1.54, 1.807) is 12.1 Å². The first-order chi connectivity index (χ1) is 8.06. The van der Waals surface area contributed by atoms with E-state index in [9.17, 15) is 4.79 Å². The summed E-state index contributed by atoms with van der Waals surface area (Å²) in [7, 11) is 0. The molecular formula is C10H7Cl2N3O2. The topological polar surface area (TPSA) is 81.1 Å². The van der Waals surface area contributed by atoms with Gasteiger partial charge in [-0.15, -0.1) is 0 Å². The van der Waals surface area contributed by atoms with Crippen molar-refractivity contribution in [3.63, 3.8) is 0 Å². The van der Waals surface area contributed by atoms with Gasteiger partial charge in [0, 0.05) is 5.02 Å². The van der Waals surface area contributed by atoms with E-state index >= 15 is 0 Å². The minimum absolute atomic E-state index is 0.0719. The Labute approximate surface area is 107 Å². The Morgan fingerprint density at radius 1 is 1.41 bits per heavy atom. The number of carbonyl (C=O) groups is 1. The van der Waals surface area contributed by atoms with Crippen LogP contribution in [0.1, 0.15) is 10.5 Å². The molecule has 0 spiro atoms. The number of rotatable bonds is 2. The lowest BCUT2D eigenvalue weighted by Gasteiger charge is -2.05. The molecule has 0 aliphatic carbocycles. The number of hydrogen-bond donors (Lipinski definition) is 2. The minimum Gasteiger partial charge on any atom is -0.431 e. The Hall–Kier alpha value is -1.72. The molecule has 0 saturated heterocycles. The second kappa shape index (κ2) is 4.65. The molecule has 0 radical (unpaired) electrons. The van der Waals surface area contributed by atoms with Crippen molar-refractivity contribution in [1.82, 2.24) is 4.98 Å². The van der Waals surface area contributed by atoms with Crippen LogP contribution in [0.15, 0.2) is 28.9 Å². The fraction of sp³-hybridized carbons (Fsp3) is 0. The van der Waals surface area contributed by atoms with Crippen molar-refractivity contribution < 1.29 is 9.21 Å². The van der Waals surface area contributed by atoms with Crippen LogP contribution in [0, 0.1) is 0 Å². The molecule has 17 heavy (non-hydrogen) atoms. The third kappa shape index (κ3) is 2.69. The van der Waals surface area contributed by atoms with E-state index in [0.29, 0.717) is 15.7 Å².